The van der Waals surface area contributed by atoms with E-state index in [0.717, 1.165) is 13.1 Å². The van der Waals surface area contributed by atoms with E-state index in [0.29, 0.717) is 36.2 Å². The van der Waals surface area contributed by atoms with Gasteiger partial charge in [-0.05, 0) is 37.6 Å². The van der Waals surface area contributed by atoms with Gasteiger partial charge in [0.2, 0.25) is 11.9 Å². The predicted octanol–water partition coefficient (Wildman–Crippen LogP) is 1.29. The highest BCUT2D eigenvalue weighted by molar-refractivity contribution is 5.91. The molecule has 128 valence electrons. The van der Waals surface area contributed by atoms with Crippen LogP contribution in [-0.4, -0.2) is 58.4 Å². The first-order valence-corrected chi connectivity index (χ1v) is 7.83. The summed E-state index contributed by atoms with van der Waals surface area (Å²) < 4.78 is 20.1. The van der Waals surface area contributed by atoms with Crippen LogP contribution >= 0.6 is 0 Å². The Morgan fingerprint density at radius 2 is 2.08 bits per heavy atom. The van der Waals surface area contributed by atoms with E-state index in [1.165, 1.54) is 16.8 Å². The molecule has 1 aromatic carbocycles. The highest BCUT2D eigenvalue weighted by Gasteiger charge is 2.18. The number of aromatic nitrogens is 3. The number of anilines is 1. The fraction of sp³-hybridized carbons (Fsp3) is 0.438. The molecule has 1 saturated heterocycles. The van der Waals surface area contributed by atoms with Crippen LogP contribution in [0, 0.1) is 19.7 Å². The lowest BCUT2D eigenvalue weighted by atomic mass is 10.2. The van der Waals surface area contributed by atoms with Gasteiger partial charge in [-0.25, -0.2) is 4.39 Å². The molecule has 1 aliphatic heterocycles. The van der Waals surface area contributed by atoms with Gasteiger partial charge in [0, 0.05) is 13.1 Å². The molecule has 0 bridgehead atoms. The van der Waals surface area contributed by atoms with Crippen LogP contribution in [0.1, 0.15) is 11.4 Å². The molecule has 1 fully saturated rings. The van der Waals surface area contributed by atoms with Gasteiger partial charge in [0.15, 0.2) is 0 Å². The van der Waals surface area contributed by atoms with Gasteiger partial charge in [-0.1, -0.05) is 0 Å². The number of amides is 1. The number of hydrogen-bond donors (Lipinski definition) is 1. The van der Waals surface area contributed by atoms with Gasteiger partial charge in [-0.3, -0.25) is 15.0 Å². The van der Waals surface area contributed by atoms with Crippen LogP contribution in [0.15, 0.2) is 18.2 Å². The maximum Gasteiger partial charge on any atom is 0.240 e. The van der Waals surface area contributed by atoms with Crippen LogP contribution in [0.4, 0.5) is 10.3 Å². The fourth-order valence-electron chi connectivity index (χ4n) is 2.65. The SMILES string of the molecule is Cc1nc(NC(=O)CN2CCOCC2)n(-c2ccc(F)cc2C)n1. The first-order chi connectivity index (χ1) is 11.5. The number of hydrogen-bond acceptors (Lipinski definition) is 5. The molecule has 2 heterocycles. The Bertz CT molecular complexity index is 740. The number of rotatable bonds is 4. The molecule has 0 saturated carbocycles. The van der Waals surface area contributed by atoms with Gasteiger partial charge < -0.3 is 4.74 Å². The van der Waals surface area contributed by atoms with Crippen LogP contribution < -0.4 is 5.32 Å². The molecule has 3 rings (SSSR count). The highest BCUT2D eigenvalue weighted by Crippen LogP contribution is 2.19. The Morgan fingerprint density at radius 1 is 1.33 bits per heavy atom. The lowest BCUT2D eigenvalue weighted by Crippen LogP contribution is -2.41. The molecular formula is C16H20FN5O2. The quantitative estimate of drug-likeness (QED) is 0.913. The molecule has 8 heteroatoms. The Kier molecular flexibility index (Phi) is 4.86. The number of carbonyl (C=O) groups is 1. The van der Waals surface area contributed by atoms with Gasteiger partial charge in [-0.15, -0.1) is 5.10 Å². The zero-order valence-corrected chi connectivity index (χ0v) is 13.8. The van der Waals surface area contributed by atoms with E-state index >= 15 is 0 Å². The van der Waals surface area contributed by atoms with Crippen molar-refractivity contribution in [3.8, 4) is 5.69 Å². The number of benzene rings is 1. The topological polar surface area (TPSA) is 72.3 Å². The summed E-state index contributed by atoms with van der Waals surface area (Å²) in [5, 5.41) is 7.10. The van der Waals surface area contributed by atoms with E-state index < -0.39 is 0 Å². The summed E-state index contributed by atoms with van der Waals surface area (Å²) in [6, 6.07) is 4.40. The monoisotopic (exact) mass is 333 g/mol. The highest BCUT2D eigenvalue weighted by atomic mass is 19.1. The van der Waals surface area contributed by atoms with Gasteiger partial charge in [0.05, 0.1) is 25.4 Å². The van der Waals surface area contributed by atoms with Gasteiger partial charge in [0.25, 0.3) is 0 Å². The summed E-state index contributed by atoms with van der Waals surface area (Å²) in [6.07, 6.45) is 0. The smallest absolute Gasteiger partial charge is 0.240 e. The third kappa shape index (κ3) is 3.77. The largest absolute Gasteiger partial charge is 0.379 e. The molecule has 2 aromatic rings. The minimum absolute atomic E-state index is 0.162. The Hall–Kier alpha value is -2.32. The van der Waals surface area contributed by atoms with Crippen LogP contribution in [-0.2, 0) is 9.53 Å². The van der Waals surface area contributed by atoms with Crippen molar-refractivity contribution in [1.29, 1.82) is 0 Å². The average Bonchev–Trinajstić information content (AvgIpc) is 2.88. The summed E-state index contributed by atoms with van der Waals surface area (Å²) in [5.74, 6) is 0.386. The molecule has 0 aliphatic carbocycles. The van der Waals surface area contributed by atoms with Gasteiger partial charge >= 0.3 is 0 Å². The molecule has 0 radical (unpaired) electrons. The van der Waals surface area contributed by atoms with E-state index in [2.05, 4.69) is 15.4 Å². The van der Waals surface area contributed by atoms with Crippen LogP contribution in [0.2, 0.25) is 0 Å². The predicted molar refractivity (Wildman–Crippen MR) is 86.7 cm³/mol. The molecule has 0 unspecified atom stereocenters. The first kappa shape index (κ1) is 16.5. The molecule has 1 aromatic heterocycles. The van der Waals surface area contributed by atoms with E-state index in [1.807, 2.05) is 4.90 Å². The minimum atomic E-state index is -0.314. The van der Waals surface area contributed by atoms with Gasteiger partial charge in [-0.2, -0.15) is 9.67 Å². The number of ether oxygens (including phenoxy) is 1. The number of morpholine rings is 1. The second-order valence-corrected chi connectivity index (χ2v) is 5.76. The maximum atomic E-state index is 13.3. The van der Waals surface area contributed by atoms with Crippen molar-refractivity contribution in [2.45, 2.75) is 13.8 Å². The van der Waals surface area contributed by atoms with Crippen molar-refractivity contribution < 1.29 is 13.9 Å². The number of aryl methyl sites for hydroxylation is 2. The lowest BCUT2D eigenvalue weighted by Gasteiger charge is -2.25. The van der Waals surface area contributed by atoms with Crippen molar-refractivity contribution in [3.05, 3.63) is 35.4 Å². The van der Waals surface area contributed by atoms with E-state index in [4.69, 9.17) is 4.74 Å². The molecule has 7 nitrogen and oxygen atoms in total. The second kappa shape index (κ2) is 7.06. The van der Waals surface area contributed by atoms with Crippen molar-refractivity contribution in [2.24, 2.45) is 0 Å². The third-order valence-corrected chi connectivity index (χ3v) is 3.82. The zero-order valence-electron chi connectivity index (χ0n) is 13.8. The van der Waals surface area contributed by atoms with Crippen molar-refractivity contribution in [3.63, 3.8) is 0 Å². The molecule has 1 N–H and O–H groups in total. The minimum Gasteiger partial charge on any atom is -0.379 e. The standard InChI is InChI=1S/C16H20FN5O2/c1-11-9-13(17)3-4-14(11)22-16(18-12(2)20-22)19-15(23)10-21-5-7-24-8-6-21/h3-4,9H,5-8,10H2,1-2H3,(H,18,19,20,23). The number of halogens is 1. The molecule has 0 spiro atoms. The van der Waals surface area contributed by atoms with E-state index in [9.17, 15) is 9.18 Å². The summed E-state index contributed by atoms with van der Waals surface area (Å²) in [4.78, 5) is 18.6. The number of carbonyl (C=O) groups excluding carboxylic acids is 1. The van der Waals surface area contributed by atoms with Crippen LogP contribution in [0.5, 0.6) is 0 Å². The van der Waals surface area contributed by atoms with E-state index in [-0.39, 0.29) is 18.3 Å². The van der Waals surface area contributed by atoms with Crippen molar-refractivity contribution in [1.82, 2.24) is 19.7 Å². The Balaban J connectivity index is 1.77. The summed E-state index contributed by atoms with van der Waals surface area (Å²) >= 11 is 0. The Labute approximate surface area is 139 Å². The van der Waals surface area contributed by atoms with E-state index in [1.54, 1.807) is 19.9 Å². The zero-order chi connectivity index (χ0) is 17.1. The summed E-state index contributed by atoms with van der Waals surface area (Å²) in [6.45, 7) is 6.54. The van der Waals surface area contributed by atoms with Crippen molar-refractivity contribution in [2.75, 3.05) is 38.2 Å². The fourth-order valence-corrected chi connectivity index (χ4v) is 2.65. The summed E-state index contributed by atoms with van der Waals surface area (Å²) in [7, 11) is 0. The molecule has 1 aliphatic rings. The second-order valence-electron chi connectivity index (χ2n) is 5.76. The number of nitrogens with zero attached hydrogens (tertiary/aromatic N) is 4. The van der Waals surface area contributed by atoms with Crippen molar-refractivity contribution >= 4 is 11.9 Å². The van der Waals surface area contributed by atoms with Gasteiger partial charge in [0.1, 0.15) is 11.6 Å². The van der Waals surface area contributed by atoms with Crippen LogP contribution in [0.3, 0.4) is 0 Å². The maximum absolute atomic E-state index is 13.3. The number of nitrogens with one attached hydrogen (secondary N) is 1. The molecule has 24 heavy (non-hydrogen) atoms. The lowest BCUT2D eigenvalue weighted by molar-refractivity contribution is -0.118. The third-order valence-electron chi connectivity index (χ3n) is 3.82. The molecule has 0 atom stereocenters. The normalized spacial score (nSPS) is 15.5. The average molecular weight is 333 g/mol. The molecule has 1 amide bonds. The summed E-state index contributed by atoms with van der Waals surface area (Å²) in [5.41, 5.74) is 1.39. The Morgan fingerprint density at radius 3 is 2.79 bits per heavy atom. The van der Waals surface area contributed by atoms with Crippen LogP contribution in [0.25, 0.3) is 5.69 Å². The molecular weight excluding hydrogens is 313 g/mol. The first-order valence-electron chi connectivity index (χ1n) is 7.83.